The maximum Gasteiger partial charge on any atom is 0.0755 e. The van der Waals surface area contributed by atoms with Crippen molar-refractivity contribution in [1.82, 2.24) is 4.57 Å². The van der Waals surface area contributed by atoms with Gasteiger partial charge in [-0.25, -0.2) is 0 Å². The molecular formula is C19H19NO. The molecule has 1 aromatic heterocycles. The summed E-state index contributed by atoms with van der Waals surface area (Å²) in [5.41, 5.74) is 3.85. The molecule has 2 nitrogen and oxygen atoms in total. The predicted molar refractivity (Wildman–Crippen MR) is 86.3 cm³/mol. The van der Waals surface area contributed by atoms with E-state index in [-0.39, 0.29) is 0 Å². The standard InChI is InChI=1S/C19H19NO/c1-2-7-15(8-3-1)19-13-16-9-4-5-11-18(16)20(19)14-17-10-6-12-21-17/h1-5,7-9,11,13,17H,6,10,12,14H2. The van der Waals surface area contributed by atoms with E-state index in [2.05, 4.69) is 65.2 Å². The summed E-state index contributed by atoms with van der Waals surface area (Å²) in [6.07, 6.45) is 2.70. The minimum atomic E-state index is 0.350. The highest BCUT2D eigenvalue weighted by molar-refractivity contribution is 5.87. The van der Waals surface area contributed by atoms with E-state index in [1.807, 2.05) is 0 Å². The molecule has 1 atom stereocenters. The van der Waals surface area contributed by atoms with Crippen molar-refractivity contribution in [2.75, 3.05) is 6.61 Å². The third kappa shape index (κ3) is 2.36. The first kappa shape index (κ1) is 12.7. The predicted octanol–water partition coefficient (Wildman–Crippen LogP) is 4.49. The van der Waals surface area contributed by atoms with Gasteiger partial charge < -0.3 is 9.30 Å². The second-order valence-electron chi connectivity index (χ2n) is 5.70. The first-order valence-corrected chi connectivity index (χ1v) is 7.67. The molecule has 0 N–H and O–H groups in total. The van der Waals surface area contributed by atoms with E-state index in [4.69, 9.17) is 4.74 Å². The Kier molecular flexibility index (Phi) is 3.24. The molecule has 0 saturated carbocycles. The van der Waals surface area contributed by atoms with Gasteiger partial charge in [-0.3, -0.25) is 0 Å². The molecule has 0 spiro atoms. The highest BCUT2D eigenvalue weighted by atomic mass is 16.5. The summed E-state index contributed by atoms with van der Waals surface area (Å²) in [5, 5.41) is 1.30. The van der Waals surface area contributed by atoms with Gasteiger partial charge in [-0.15, -0.1) is 0 Å². The van der Waals surface area contributed by atoms with Crippen molar-refractivity contribution in [3.8, 4) is 11.3 Å². The fourth-order valence-electron chi connectivity index (χ4n) is 3.25. The summed E-state index contributed by atoms with van der Waals surface area (Å²) in [6.45, 7) is 1.85. The van der Waals surface area contributed by atoms with Crippen molar-refractivity contribution in [2.45, 2.75) is 25.5 Å². The molecule has 106 valence electrons. The third-order valence-electron chi connectivity index (χ3n) is 4.29. The maximum atomic E-state index is 5.85. The van der Waals surface area contributed by atoms with Crippen LogP contribution in [-0.4, -0.2) is 17.3 Å². The summed E-state index contributed by atoms with van der Waals surface area (Å²) < 4.78 is 8.26. The van der Waals surface area contributed by atoms with Crippen LogP contribution in [0.25, 0.3) is 22.2 Å². The van der Waals surface area contributed by atoms with Crippen molar-refractivity contribution in [3.05, 3.63) is 60.7 Å². The van der Waals surface area contributed by atoms with Gasteiger partial charge in [-0.2, -0.15) is 0 Å². The maximum absolute atomic E-state index is 5.85. The van der Waals surface area contributed by atoms with E-state index < -0.39 is 0 Å². The Morgan fingerprint density at radius 2 is 1.81 bits per heavy atom. The minimum Gasteiger partial charge on any atom is -0.376 e. The minimum absolute atomic E-state index is 0.350. The van der Waals surface area contributed by atoms with Crippen molar-refractivity contribution >= 4 is 10.9 Å². The monoisotopic (exact) mass is 277 g/mol. The van der Waals surface area contributed by atoms with Gasteiger partial charge in [0.25, 0.3) is 0 Å². The molecule has 2 heterocycles. The number of nitrogens with zero attached hydrogens (tertiary/aromatic N) is 1. The van der Waals surface area contributed by atoms with Crippen LogP contribution in [0.15, 0.2) is 60.7 Å². The van der Waals surface area contributed by atoms with Crippen LogP contribution in [0.1, 0.15) is 12.8 Å². The highest BCUT2D eigenvalue weighted by Crippen LogP contribution is 2.29. The third-order valence-corrected chi connectivity index (χ3v) is 4.29. The lowest BCUT2D eigenvalue weighted by atomic mass is 10.1. The molecule has 2 heteroatoms. The molecule has 3 aromatic rings. The van der Waals surface area contributed by atoms with E-state index in [1.54, 1.807) is 0 Å². The van der Waals surface area contributed by atoms with Gasteiger partial charge in [0.1, 0.15) is 0 Å². The molecule has 1 fully saturated rings. The van der Waals surface area contributed by atoms with Crippen LogP contribution < -0.4 is 0 Å². The topological polar surface area (TPSA) is 14.2 Å². The Labute approximate surface area is 125 Å². The van der Waals surface area contributed by atoms with Crippen LogP contribution in [0.4, 0.5) is 0 Å². The summed E-state index contributed by atoms with van der Waals surface area (Å²) in [4.78, 5) is 0. The van der Waals surface area contributed by atoms with Crippen LogP contribution in [0, 0.1) is 0 Å². The van der Waals surface area contributed by atoms with Crippen molar-refractivity contribution in [3.63, 3.8) is 0 Å². The van der Waals surface area contributed by atoms with Crippen LogP contribution in [0.3, 0.4) is 0 Å². The Morgan fingerprint density at radius 3 is 2.62 bits per heavy atom. The normalized spacial score (nSPS) is 18.4. The smallest absolute Gasteiger partial charge is 0.0755 e. The van der Waals surface area contributed by atoms with Crippen LogP contribution in [0.5, 0.6) is 0 Å². The van der Waals surface area contributed by atoms with Crippen molar-refractivity contribution in [1.29, 1.82) is 0 Å². The second kappa shape index (κ2) is 5.38. The quantitative estimate of drug-likeness (QED) is 0.688. The van der Waals surface area contributed by atoms with Crippen molar-refractivity contribution < 1.29 is 4.74 Å². The van der Waals surface area contributed by atoms with Crippen LogP contribution >= 0.6 is 0 Å². The van der Waals surface area contributed by atoms with Gasteiger partial charge in [0.15, 0.2) is 0 Å². The molecule has 0 radical (unpaired) electrons. The Morgan fingerprint density at radius 1 is 1.00 bits per heavy atom. The highest BCUT2D eigenvalue weighted by Gasteiger charge is 2.19. The second-order valence-corrected chi connectivity index (χ2v) is 5.70. The average Bonchev–Trinajstić information content (AvgIpc) is 3.17. The SMILES string of the molecule is c1ccc(-c2cc3ccccc3n2CC2CCCO2)cc1. The molecule has 0 aliphatic carbocycles. The van der Waals surface area contributed by atoms with Crippen LogP contribution in [-0.2, 0) is 11.3 Å². The van der Waals surface area contributed by atoms with E-state index >= 15 is 0 Å². The van der Waals surface area contributed by atoms with Gasteiger partial charge >= 0.3 is 0 Å². The molecule has 0 amide bonds. The summed E-state index contributed by atoms with van der Waals surface area (Å²) in [6, 6.07) is 21.5. The molecule has 4 rings (SSSR count). The fourth-order valence-corrected chi connectivity index (χ4v) is 3.25. The molecule has 1 unspecified atom stereocenters. The van der Waals surface area contributed by atoms with Gasteiger partial charge in [0.2, 0.25) is 0 Å². The Hall–Kier alpha value is -2.06. The number of ether oxygens (including phenoxy) is 1. The number of benzene rings is 2. The number of fused-ring (bicyclic) bond motifs is 1. The van der Waals surface area contributed by atoms with E-state index in [0.29, 0.717) is 6.10 Å². The molecule has 1 aliphatic heterocycles. The van der Waals surface area contributed by atoms with E-state index in [1.165, 1.54) is 35.0 Å². The Balaban J connectivity index is 1.84. The first-order chi connectivity index (χ1) is 10.4. The number of para-hydroxylation sites is 1. The lowest BCUT2D eigenvalue weighted by molar-refractivity contribution is 0.0984. The zero-order valence-electron chi connectivity index (χ0n) is 12.0. The van der Waals surface area contributed by atoms with Crippen molar-refractivity contribution in [2.24, 2.45) is 0 Å². The van der Waals surface area contributed by atoms with Gasteiger partial charge in [0, 0.05) is 29.7 Å². The molecular weight excluding hydrogens is 258 g/mol. The van der Waals surface area contributed by atoms with E-state index in [0.717, 1.165) is 13.2 Å². The van der Waals surface area contributed by atoms with Gasteiger partial charge in [-0.1, -0.05) is 48.5 Å². The number of hydrogen-bond donors (Lipinski definition) is 0. The zero-order valence-corrected chi connectivity index (χ0v) is 12.0. The first-order valence-electron chi connectivity index (χ1n) is 7.67. The number of hydrogen-bond acceptors (Lipinski definition) is 1. The Bertz CT molecular complexity index is 739. The molecule has 2 aromatic carbocycles. The van der Waals surface area contributed by atoms with Gasteiger partial charge in [0.05, 0.1) is 6.10 Å². The summed E-state index contributed by atoms with van der Waals surface area (Å²) in [7, 11) is 0. The number of aromatic nitrogens is 1. The number of rotatable bonds is 3. The summed E-state index contributed by atoms with van der Waals surface area (Å²) >= 11 is 0. The fraction of sp³-hybridized carbons (Fsp3) is 0.263. The largest absolute Gasteiger partial charge is 0.376 e. The molecule has 0 bridgehead atoms. The van der Waals surface area contributed by atoms with Gasteiger partial charge in [-0.05, 0) is 30.5 Å². The average molecular weight is 277 g/mol. The van der Waals surface area contributed by atoms with E-state index in [9.17, 15) is 0 Å². The molecule has 1 aliphatic rings. The lowest BCUT2D eigenvalue weighted by Gasteiger charge is -2.15. The zero-order chi connectivity index (χ0) is 14.1. The molecule has 1 saturated heterocycles. The lowest BCUT2D eigenvalue weighted by Crippen LogP contribution is -2.15. The van der Waals surface area contributed by atoms with Crippen LogP contribution in [0.2, 0.25) is 0 Å². The summed E-state index contributed by atoms with van der Waals surface area (Å²) in [5.74, 6) is 0. The molecule has 21 heavy (non-hydrogen) atoms.